The molecule has 0 spiro atoms. The summed E-state index contributed by atoms with van der Waals surface area (Å²) in [4.78, 5) is 28.4. The lowest BCUT2D eigenvalue weighted by molar-refractivity contribution is -0.140. The van der Waals surface area contributed by atoms with Crippen LogP contribution in [0.1, 0.15) is 38.8 Å². The van der Waals surface area contributed by atoms with Crippen molar-refractivity contribution >= 4 is 50.7 Å². The molecule has 2 amide bonds. The van der Waals surface area contributed by atoms with Gasteiger partial charge in [-0.15, -0.1) is 0 Å². The lowest BCUT2D eigenvalue weighted by Crippen LogP contribution is -2.54. The summed E-state index contributed by atoms with van der Waals surface area (Å²) in [6.45, 7) is 8.50. The number of carbonyl (C=O) groups excluding carboxylic acids is 2. The number of benzene rings is 3. The molecule has 0 aliphatic carbocycles. The van der Waals surface area contributed by atoms with E-state index in [1.165, 1.54) is 29.2 Å². The van der Waals surface area contributed by atoms with E-state index in [0.717, 1.165) is 9.87 Å². The van der Waals surface area contributed by atoms with Crippen LogP contribution in [0.5, 0.6) is 0 Å². The highest BCUT2D eigenvalue weighted by Crippen LogP contribution is 2.26. The molecule has 10 heteroatoms. The summed E-state index contributed by atoms with van der Waals surface area (Å²) in [6, 6.07) is 18.7. The molecule has 0 aliphatic rings. The van der Waals surface area contributed by atoms with E-state index < -0.39 is 34.1 Å². The minimum atomic E-state index is -4.17. The highest BCUT2D eigenvalue weighted by Gasteiger charge is 2.33. The van der Waals surface area contributed by atoms with Crippen LogP contribution in [0.25, 0.3) is 0 Å². The van der Waals surface area contributed by atoms with Crippen molar-refractivity contribution in [2.75, 3.05) is 10.8 Å². The maximum atomic E-state index is 13.9. The maximum Gasteiger partial charge on any atom is 0.264 e. The van der Waals surface area contributed by atoms with Crippen LogP contribution in [-0.4, -0.2) is 43.3 Å². The van der Waals surface area contributed by atoms with Gasteiger partial charge in [-0.2, -0.15) is 0 Å². The molecule has 1 unspecified atom stereocenters. The molecule has 0 aliphatic heterocycles. The summed E-state index contributed by atoms with van der Waals surface area (Å²) in [5.74, 6) is -0.935. The number of amides is 2. The van der Waals surface area contributed by atoms with Gasteiger partial charge < -0.3 is 10.2 Å². The van der Waals surface area contributed by atoms with Crippen LogP contribution < -0.4 is 9.62 Å². The van der Waals surface area contributed by atoms with E-state index in [2.05, 4.69) is 5.32 Å². The van der Waals surface area contributed by atoms with Gasteiger partial charge in [-0.3, -0.25) is 13.9 Å². The molecule has 3 aromatic rings. The van der Waals surface area contributed by atoms with Crippen LogP contribution in [0.2, 0.25) is 10.0 Å². The number of aryl methyl sites for hydroxylation is 1. The first-order valence-corrected chi connectivity index (χ1v) is 14.6. The molecule has 39 heavy (non-hydrogen) atoms. The Bertz CT molecular complexity index is 1420. The third-order valence-corrected chi connectivity index (χ3v) is 8.38. The van der Waals surface area contributed by atoms with E-state index in [0.29, 0.717) is 21.3 Å². The van der Waals surface area contributed by atoms with Gasteiger partial charge in [-0.1, -0.05) is 59.1 Å². The lowest BCUT2D eigenvalue weighted by Gasteiger charge is -2.33. The molecule has 0 heterocycles. The second-order valence-corrected chi connectivity index (χ2v) is 13.0. The van der Waals surface area contributed by atoms with Crippen LogP contribution in [-0.2, 0) is 26.2 Å². The standard InChI is InChI=1S/C29H33Cl2N3O4S/c1-20-10-14-24(15-11-20)34(39(37,38)25-16-12-23(30)13-17-25)19-27(35)33(18-22-8-6-7-9-26(22)31)21(2)28(36)32-29(3,4)5/h6-17,21H,18-19H2,1-5H3,(H,32,36). The van der Waals surface area contributed by atoms with Crippen molar-refractivity contribution in [2.24, 2.45) is 0 Å². The highest BCUT2D eigenvalue weighted by molar-refractivity contribution is 7.92. The smallest absolute Gasteiger partial charge is 0.264 e. The van der Waals surface area contributed by atoms with Crippen LogP contribution in [0.15, 0.2) is 77.7 Å². The number of carbonyl (C=O) groups is 2. The minimum Gasteiger partial charge on any atom is -0.350 e. The van der Waals surface area contributed by atoms with Gasteiger partial charge in [-0.05, 0) is 82.6 Å². The van der Waals surface area contributed by atoms with Crippen molar-refractivity contribution in [3.05, 3.63) is 94.0 Å². The number of hydrogen-bond acceptors (Lipinski definition) is 4. The average molecular weight is 591 g/mol. The van der Waals surface area contributed by atoms with E-state index in [1.807, 2.05) is 27.7 Å². The number of nitrogens with zero attached hydrogens (tertiary/aromatic N) is 2. The summed E-state index contributed by atoms with van der Waals surface area (Å²) in [5.41, 5.74) is 1.34. The minimum absolute atomic E-state index is 0.0139. The monoisotopic (exact) mass is 589 g/mol. The van der Waals surface area contributed by atoms with Gasteiger partial charge in [0.05, 0.1) is 10.6 Å². The predicted molar refractivity (Wildman–Crippen MR) is 157 cm³/mol. The molecule has 0 saturated heterocycles. The van der Waals surface area contributed by atoms with E-state index >= 15 is 0 Å². The van der Waals surface area contributed by atoms with Gasteiger partial charge in [0.1, 0.15) is 12.6 Å². The Balaban J connectivity index is 2.04. The van der Waals surface area contributed by atoms with Gasteiger partial charge in [0, 0.05) is 22.1 Å². The van der Waals surface area contributed by atoms with Gasteiger partial charge in [-0.25, -0.2) is 8.42 Å². The van der Waals surface area contributed by atoms with Crippen LogP contribution in [0, 0.1) is 6.92 Å². The largest absolute Gasteiger partial charge is 0.350 e. The fraction of sp³-hybridized carbons (Fsp3) is 0.310. The molecule has 0 aromatic heterocycles. The van der Waals surface area contributed by atoms with Crippen LogP contribution in [0.4, 0.5) is 5.69 Å². The fourth-order valence-electron chi connectivity index (χ4n) is 3.84. The highest BCUT2D eigenvalue weighted by atomic mass is 35.5. The first kappa shape index (κ1) is 30.5. The fourth-order valence-corrected chi connectivity index (χ4v) is 5.58. The Hall–Kier alpha value is -3.07. The number of sulfonamides is 1. The second kappa shape index (κ2) is 12.4. The molecule has 7 nitrogen and oxygen atoms in total. The van der Waals surface area contributed by atoms with Gasteiger partial charge >= 0.3 is 0 Å². The summed E-state index contributed by atoms with van der Waals surface area (Å²) in [5, 5.41) is 3.72. The third kappa shape index (κ3) is 7.97. The normalized spacial score (nSPS) is 12.5. The Kier molecular flexibility index (Phi) is 9.69. The molecule has 0 saturated carbocycles. The van der Waals surface area contributed by atoms with Crippen molar-refractivity contribution in [3.63, 3.8) is 0 Å². The van der Waals surface area contributed by atoms with Crippen molar-refractivity contribution in [1.82, 2.24) is 10.2 Å². The summed E-state index contributed by atoms with van der Waals surface area (Å²) in [7, 11) is -4.17. The summed E-state index contributed by atoms with van der Waals surface area (Å²) >= 11 is 12.4. The molecule has 0 bridgehead atoms. The molecular weight excluding hydrogens is 557 g/mol. The van der Waals surface area contributed by atoms with Crippen molar-refractivity contribution in [1.29, 1.82) is 0 Å². The zero-order valence-corrected chi connectivity index (χ0v) is 24.9. The second-order valence-electron chi connectivity index (χ2n) is 10.3. The molecule has 208 valence electrons. The van der Waals surface area contributed by atoms with E-state index in [-0.39, 0.29) is 17.3 Å². The Morgan fingerprint density at radius 1 is 0.923 bits per heavy atom. The number of nitrogens with one attached hydrogen (secondary N) is 1. The third-order valence-electron chi connectivity index (χ3n) is 5.97. The first-order valence-electron chi connectivity index (χ1n) is 12.4. The van der Waals surface area contributed by atoms with Crippen molar-refractivity contribution < 1.29 is 18.0 Å². The maximum absolute atomic E-state index is 13.9. The Labute approximate surface area is 240 Å². The summed E-state index contributed by atoms with van der Waals surface area (Å²) in [6.07, 6.45) is 0. The average Bonchev–Trinajstić information content (AvgIpc) is 2.86. The molecule has 3 rings (SSSR count). The van der Waals surface area contributed by atoms with Crippen LogP contribution in [0.3, 0.4) is 0 Å². The Morgan fingerprint density at radius 3 is 2.08 bits per heavy atom. The SMILES string of the molecule is Cc1ccc(N(CC(=O)N(Cc2ccccc2Cl)C(C)C(=O)NC(C)(C)C)S(=O)(=O)c2ccc(Cl)cc2)cc1. The molecule has 0 fully saturated rings. The van der Waals surface area contributed by atoms with E-state index in [4.69, 9.17) is 23.2 Å². The van der Waals surface area contributed by atoms with Crippen molar-refractivity contribution in [2.45, 2.75) is 57.6 Å². The topological polar surface area (TPSA) is 86.8 Å². The molecule has 1 atom stereocenters. The van der Waals surface area contributed by atoms with Crippen molar-refractivity contribution in [3.8, 4) is 0 Å². The van der Waals surface area contributed by atoms with E-state index in [9.17, 15) is 18.0 Å². The molecule has 3 aromatic carbocycles. The zero-order valence-electron chi connectivity index (χ0n) is 22.6. The van der Waals surface area contributed by atoms with Gasteiger partial charge in [0.15, 0.2) is 0 Å². The first-order chi connectivity index (χ1) is 18.2. The van der Waals surface area contributed by atoms with E-state index in [1.54, 1.807) is 55.5 Å². The number of halogens is 2. The molecular formula is C29H33Cl2N3O4S. The number of rotatable bonds is 9. The predicted octanol–water partition coefficient (Wildman–Crippen LogP) is 5.83. The molecule has 1 N–H and O–H groups in total. The van der Waals surface area contributed by atoms with Gasteiger partial charge in [0.25, 0.3) is 10.0 Å². The summed E-state index contributed by atoms with van der Waals surface area (Å²) < 4.78 is 28.7. The quantitative estimate of drug-likeness (QED) is 0.340. The zero-order chi connectivity index (χ0) is 29.0. The van der Waals surface area contributed by atoms with Crippen LogP contribution >= 0.6 is 23.2 Å². The van der Waals surface area contributed by atoms with Gasteiger partial charge in [0.2, 0.25) is 11.8 Å². The molecule has 0 radical (unpaired) electrons. The number of hydrogen-bond donors (Lipinski definition) is 1. The number of anilines is 1. The lowest BCUT2D eigenvalue weighted by atomic mass is 10.1. The Morgan fingerprint density at radius 2 is 1.51 bits per heavy atom.